The van der Waals surface area contributed by atoms with Crippen LogP contribution in [0.2, 0.25) is 0 Å². The Hall–Kier alpha value is -1.60. The molecular formula is C12H14F3NO3. The highest BCUT2D eigenvalue weighted by Gasteiger charge is 2.30. The van der Waals surface area contributed by atoms with Crippen molar-refractivity contribution < 1.29 is 27.8 Å². The monoisotopic (exact) mass is 277 g/mol. The van der Waals surface area contributed by atoms with Gasteiger partial charge >= 0.3 is 6.18 Å². The van der Waals surface area contributed by atoms with Gasteiger partial charge in [-0.25, -0.2) is 0 Å². The Labute approximate surface area is 108 Å². The maximum Gasteiger partial charge on any atom is 0.416 e. The van der Waals surface area contributed by atoms with Crippen molar-refractivity contribution >= 4 is 5.91 Å². The number of amides is 1. The largest absolute Gasteiger partial charge is 0.416 e. The zero-order chi connectivity index (χ0) is 14.5. The van der Waals surface area contributed by atoms with E-state index in [1.165, 1.54) is 19.2 Å². The number of halogens is 3. The molecule has 106 valence electrons. The summed E-state index contributed by atoms with van der Waals surface area (Å²) in [6, 6.07) is 4.12. The van der Waals surface area contributed by atoms with Crippen molar-refractivity contribution in [2.45, 2.75) is 12.3 Å². The van der Waals surface area contributed by atoms with Crippen molar-refractivity contribution in [2.75, 3.05) is 20.3 Å². The Kier molecular flexibility index (Phi) is 5.31. The molecule has 2 N–H and O–H groups in total. The summed E-state index contributed by atoms with van der Waals surface area (Å²) in [5.74, 6) is -0.409. The minimum absolute atomic E-state index is 0.0897. The smallest absolute Gasteiger partial charge is 0.387 e. The highest BCUT2D eigenvalue weighted by molar-refractivity contribution is 5.77. The number of aliphatic hydroxyl groups is 1. The average Bonchev–Trinajstić information content (AvgIpc) is 2.35. The molecule has 0 aliphatic carbocycles. The number of ether oxygens (including phenoxy) is 1. The third-order valence-corrected chi connectivity index (χ3v) is 2.39. The molecule has 0 heterocycles. The predicted molar refractivity (Wildman–Crippen MR) is 61.3 cm³/mol. The molecule has 1 amide bonds. The van der Waals surface area contributed by atoms with E-state index >= 15 is 0 Å². The number of hydrogen-bond donors (Lipinski definition) is 2. The number of hydrogen-bond acceptors (Lipinski definition) is 3. The Morgan fingerprint density at radius 3 is 2.42 bits per heavy atom. The van der Waals surface area contributed by atoms with Gasteiger partial charge < -0.3 is 15.2 Å². The molecule has 19 heavy (non-hydrogen) atoms. The van der Waals surface area contributed by atoms with Gasteiger partial charge in [-0.2, -0.15) is 13.2 Å². The van der Waals surface area contributed by atoms with Crippen molar-refractivity contribution in [3.8, 4) is 0 Å². The van der Waals surface area contributed by atoms with E-state index in [9.17, 15) is 23.1 Å². The number of carbonyl (C=O) groups is 1. The van der Waals surface area contributed by atoms with Crippen LogP contribution < -0.4 is 5.32 Å². The van der Waals surface area contributed by atoms with E-state index < -0.39 is 23.8 Å². The number of benzene rings is 1. The molecule has 1 unspecified atom stereocenters. The number of aliphatic hydroxyl groups excluding tert-OH is 1. The maximum atomic E-state index is 12.3. The number of rotatable bonds is 5. The van der Waals surface area contributed by atoms with Gasteiger partial charge in [0.15, 0.2) is 0 Å². The van der Waals surface area contributed by atoms with Gasteiger partial charge in [0, 0.05) is 13.7 Å². The van der Waals surface area contributed by atoms with Gasteiger partial charge in [0.25, 0.3) is 0 Å². The number of methoxy groups -OCH3 is 1. The van der Waals surface area contributed by atoms with E-state index in [-0.39, 0.29) is 13.2 Å². The molecule has 1 aromatic rings. The molecule has 0 aliphatic rings. The normalized spacial score (nSPS) is 13.1. The highest BCUT2D eigenvalue weighted by atomic mass is 19.4. The van der Waals surface area contributed by atoms with Crippen molar-refractivity contribution in [1.82, 2.24) is 5.32 Å². The molecule has 7 heteroatoms. The SMILES string of the molecule is COCC(=O)NCC(O)c1ccc(C(F)(F)F)cc1. The van der Waals surface area contributed by atoms with Crippen LogP contribution in [0.5, 0.6) is 0 Å². The zero-order valence-corrected chi connectivity index (χ0v) is 10.2. The first-order valence-corrected chi connectivity index (χ1v) is 5.45. The van der Waals surface area contributed by atoms with Crippen LogP contribution in [0.25, 0.3) is 0 Å². The molecule has 1 rings (SSSR count). The Morgan fingerprint density at radius 1 is 1.37 bits per heavy atom. The van der Waals surface area contributed by atoms with Crippen LogP contribution in [-0.2, 0) is 15.7 Å². The van der Waals surface area contributed by atoms with E-state index in [4.69, 9.17) is 0 Å². The van der Waals surface area contributed by atoms with Gasteiger partial charge in [-0.3, -0.25) is 4.79 Å². The lowest BCUT2D eigenvalue weighted by Gasteiger charge is -2.13. The van der Waals surface area contributed by atoms with Crippen LogP contribution in [0.15, 0.2) is 24.3 Å². The summed E-state index contributed by atoms with van der Waals surface area (Å²) in [6.07, 6.45) is -5.47. The van der Waals surface area contributed by atoms with Crippen LogP contribution in [0.4, 0.5) is 13.2 Å². The summed E-state index contributed by atoms with van der Waals surface area (Å²) in [6.45, 7) is -0.229. The molecule has 1 atom stereocenters. The molecule has 1 aromatic carbocycles. The third kappa shape index (κ3) is 4.88. The van der Waals surface area contributed by atoms with E-state index in [2.05, 4.69) is 10.1 Å². The first kappa shape index (κ1) is 15.5. The van der Waals surface area contributed by atoms with Crippen LogP contribution in [0.1, 0.15) is 17.2 Å². The second-order valence-electron chi connectivity index (χ2n) is 3.87. The lowest BCUT2D eigenvalue weighted by molar-refractivity contribution is -0.137. The molecule has 0 aromatic heterocycles. The fraction of sp³-hybridized carbons (Fsp3) is 0.417. The van der Waals surface area contributed by atoms with Gasteiger partial charge in [0.2, 0.25) is 5.91 Å². The Bertz CT molecular complexity index is 417. The molecule has 0 spiro atoms. The molecule has 0 saturated heterocycles. The number of carbonyl (C=O) groups excluding carboxylic acids is 1. The molecule has 0 bridgehead atoms. The molecule has 0 radical (unpaired) electrons. The topological polar surface area (TPSA) is 58.6 Å². The minimum Gasteiger partial charge on any atom is -0.387 e. The van der Waals surface area contributed by atoms with E-state index in [1.54, 1.807) is 0 Å². The lowest BCUT2D eigenvalue weighted by atomic mass is 10.1. The predicted octanol–water partition coefficient (Wildman–Crippen LogP) is 1.50. The first-order chi connectivity index (χ1) is 8.84. The first-order valence-electron chi connectivity index (χ1n) is 5.45. The Morgan fingerprint density at radius 2 is 1.95 bits per heavy atom. The van der Waals surface area contributed by atoms with Gasteiger partial charge in [0.05, 0.1) is 11.7 Å². The summed E-state index contributed by atoms with van der Waals surface area (Å²) in [7, 11) is 1.35. The van der Waals surface area contributed by atoms with Gasteiger partial charge in [0.1, 0.15) is 6.61 Å². The van der Waals surface area contributed by atoms with Crippen molar-refractivity contribution in [1.29, 1.82) is 0 Å². The summed E-state index contributed by atoms with van der Waals surface area (Å²) >= 11 is 0. The summed E-state index contributed by atoms with van der Waals surface area (Å²) in [5.41, 5.74) is -0.488. The maximum absolute atomic E-state index is 12.3. The quantitative estimate of drug-likeness (QED) is 0.857. The molecule has 0 aliphatic heterocycles. The average molecular weight is 277 g/mol. The van der Waals surface area contributed by atoms with Crippen molar-refractivity contribution in [3.05, 3.63) is 35.4 Å². The molecular weight excluding hydrogens is 263 g/mol. The van der Waals surface area contributed by atoms with E-state index in [1.807, 2.05) is 0 Å². The molecule has 4 nitrogen and oxygen atoms in total. The minimum atomic E-state index is -4.41. The Balaban J connectivity index is 2.58. The fourth-order valence-corrected chi connectivity index (χ4v) is 1.40. The van der Waals surface area contributed by atoms with Crippen molar-refractivity contribution in [3.63, 3.8) is 0 Å². The number of alkyl halides is 3. The van der Waals surface area contributed by atoms with Crippen LogP contribution in [0, 0.1) is 0 Å². The van der Waals surface area contributed by atoms with E-state index in [0.29, 0.717) is 5.56 Å². The lowest BCUT2D eigenvalue weighted by Crippen LogP contribution is -2.31. The fourth-order valence-electron chi connectivity index (χ4n) is 1.40. The van der Waals surface area contributed by atoms with Crippen LogP contribution >= 0.6 is 0 Å². The molecule has 0 saturated carbocycles. The zero-order valence-electron chi connectivity index (χ0n) is 10.2. The summed E-state index contributed by atoms with van der Waals surface area (Å²) in [5, 5.41) is 12.1. The van der Waals surface area contributed by atoms with Crippen LogP contribution in [-0.4, -0.2) is 31.3 Å². The van der Waals surface area contributed by atoms with Gasteiger partial charge in [-0.05, 0) is 17.7 Å². The summed E-state index contributed by atoms with van der Waals surface area (Å²) < 4.78 is 41.6. The third-order valence-electron chi connectivity index (χ3n) is 2.39. The number of nitrogens with one attached hydrogen (secondary N) is 1. The standard InChI is InChI=1S/C12H14F3NO3/c1-19-7-11(18)16-6-10(17)8-2-4-9(5-3-8)12(13,14)15/h2-5,10,17H,6-7H2,1H3,(H,16,18). The van der Waals surface area contributed by atoms with Gasteiger partial charge in [-0.1, -0.05) is 12.1 Å². The second-order valence-corrected chi connectivity index (χ2v) is 3.87. The highest BCUT2D eigenvalue weighted by Crippen LogP contribution is 2.29. The second kappa shape index (κ2) is 6.53. The van der Waals surface area contributed by atoms with Crippen molar-refractivity contribution in [2.24, 2.45) is 0 Å². The van der Waals surface area contributed by atoms with E-state index in [0.717, 1.165) is 12.1 Å². The van der Waals surface area contributed by atoms with Crippen LogP contribution in [0.3, 0.4) is 0 Å². The summed E-state index contributed by atoms with van der Waals surface area (Å²) in [4.78, 5) is 11.1. The van der Waals surface area contributed by atoms with Gasteiger partial charge in [-0.15, -0.1) is 0 Å². The molecule has 0 fully saturated rings.